The molecule has 1 fully saturated rings. The minimum absolute atomic E-state index is 0.0703. The normalized spacial score (nSPS) is 15.8. The van der Waals surface area contributed by atoms with Gasteiger partial charge in [0.05, 0.1) is 7.05 Å². The first kappa shape index (κ1) is 18.4. The fraction of sp³-hybridized carbons (Fsp3) is 0.440. The second kappa shape index (κ2) is 6.45. The lowest BCUT2D eigenvalue weighted by molar-refractivity contribution is -0.634. The van der Waals surface area contributed by atoms with Crippen molar-refractivity contribution in [3.05, 3.63) is 47.9 Å². The van der Waals surface area contributed by atoms with Crippen LogP contribution in [0.1, 0.15) is 63.8 Å². The summed E-state index contributed by atoms with van der Waals surface area (Å²) in [5, 5.41) is 0. The molecule has 0 bridgehead atoms. The van der Waals surface area contributed by atoms with Gasteiger partial charge >= 0.3 is 0 Å². The largest absolute Gasteiger partial charge is 0.439 e. The highest BCUT2D eigenvalue weighted by molar-refractivity contribution is 5.91. The van der Waals surface area contributed by atoms with Gasteiger partial charge in [-0.05, 0) is 64.3 Å². The highest BCUT2D eigenvalue weighted by atomic mass is 16.3. The van der Waals surface area contributed by atoms with E-state index < -0.39 is 0 Å². The lowest BCUT2D eigenvalue weighted by Gasteiger charge is -2.18. The molecular formula is C25H30N3O+. The summed E-state index contributed by atoms with van der Waals surface area (Å²) in [6.45, 7) is 8.98. The summed E-state index contributed by atoms with van der Waals surface area (Å²) >= 11 is 0. The van der Waals surface area contributed by atoms with E-state index in [0.717, 1.165) is 22.6 Å². The van der Waals surface area contributed by atoms with Crippen LogP contribution >= 0.6 is 0 Å². The van der Waals surface area contributed by atoms with Gasteiger partial charge in [-0.2, -0.15) is 0 Å². The first-order valence-electron chi connectivity index (χ1n) is 10.8. The van der Waals surface area contributed by atoms with E-state index in [0.29, 0.717) is 5.92 Å². The molecule has 1 saturated carbocycles. The first-order valence-corrected chi connectivity index (χ1v) is 10.8. The maximum atomic E-state index is 6.50. The molecule has 4 aromatic rings. The van der Waals surface area contributed by atoms with E-state index >= 15 is 0 Å². The third kappa shape index (κ3) is 2.80. The van der Waals surface area contributed by atoms with Crippen molar-refractivity contribution in [3.63, 3.8) is 0 Å². The molecule has 4 heteroatoms. The molecule has 1 aliphatic carbocycles. The highest BCUT2D eigenvalue weighted by Gasteiger charge is 2.35. The second-order valence-electron chi connectivity index (χ2n) is 9.52. The lowest BCUT2D eigenvalue weighted by atomic mass is 10.0. The Balaban J connectivity index is 1.85. The summed E-state index contributed by atoms with van der Waals surface area (Å²) in [5.74, 6) is 2.57. The Labute approximate surface area is 172 Å². The average Bonchev–Trinajstić information content (AvgIpc) is 3.39. The van der Waals surface area contributed by atoms with Crippen molar-refractivity contribution >= 4 is 22.1 Å². The third-order valence-electron chi connectivity index (χ3n) is 6.39. The quantitative estimate of drug-likeness (QED) is 0.395. The minimum atomic E-state index is -0.0703. The Morgan fingerprint density at radius 3 is 2.52 bits per heavy atom. The van der Waals surface area contributed by atoms with Gasteiger partial charge in [-0.15, -0.1) is 0 Å². The van der Waals surface area contributed by atoms with Crippen LogP contribution in [0.15, 0.2) is 40.8 Å². The summed E-state index contributed by atoms with van der Waals surface area (Å²) in [6.07, 6.45) is 4.94. The summed E-state index contributed by atoms with van der Waals surface area (Å²) in [4.78, 5) is 4.91. The SMILES string of the molecule is Cc1ccc2nc(C3CCCC3)oc2c1-c1n(C(C)(C)C)c2ccccc2[n+]1C. The van der Waals surface area contributed by atoms with Crippen LogP contribution in [0.3, 0.4) is 0 Å². The molecule has 0 atom stereocenters. The number of para-hydroxylation sites is 2. The zero-order valence-corrected chi connectivity index (χ0v) is 18.1. The highest BCUT2D eigenvalue weighted by Crippen LogP contribution is 2.39. The van der Waals surface area contributed by atoms with Crippen LogP contribution < -0.4 is 4.57 Å². The van der Waals surface area contributed by atoms with Gasteiger partial charge in [0, 0.05) is 5.92 Å². The molecule has 0 radical (unpaired) electrons. The molecule has 5 rings (SSSR count). The van der Waals surface area contributed by atoms with E-state index in [2.05, 4.69) is 80.3 Å². The minimum Gasteiger partial charge on any atom is -0.439 e. The van der Waals surface area contributed by atoms with E-state index in [-0.39, 0.29) is 5.54 Å². The van der Waals surface area contributed by atoms with E-state index in [1.165, 1.54) is 48.1 Å². The van der Waals surface area contributed by atoms with Crippen molar-refractivity contribution in [1.29, 1.82) is 0 Å². The standard InChI is InChI=1S/C25H30N3O/c1-16-14-15-18-22(29-23(26-18)17-10-6-7-11-17)21(16)24-27(5)19-12-8-9-13-20(19)28(24)25(2,3)4/h8-9,12-15,17H,6-7,10-11H2,1-5H3/q+1. The topological polar surface area (TPSA) is 34.8 Å². The molecule has 0 N–H and O–H groups in total. The van der Waals surface area contributed by atoms with Crippen LogP contribution in [0.25, 0.3) is 33.5 Å². The van der Waals surface area contributed by atoms with Crippen molar-refractivity contribution in [1.82, 2.24) is 9.55 Å². The molecule has 1 aliphatic rings. The molecule has 0 aliphatic heterocycles. The second-order valence-corrected chi connectivity index (χ2v) is 9.52. The third-order valence-corrected chi connectivity index (χ3v) is 6.39. The number of hydrogen-bond acceptors (Lipinski definition) is 2. The number of nitrogens with zero attached hydrogens (tertiary/aromatic N) is 3. The van der Waals surface area contributed by atoms with Crippen LogP contribution in [-0.2, 0) is 12.6 Å². The van der Waals surface area contributed by atoms with Gasteiger partial charge in [0.15, 0.2) is 22.5 Å². The number of hydrogen-bond donors (Lipinski definition) is 0. The van der Waals surface area contributed by atoms with Crippen LogP contribution in [0.5, 0.6) is 0 Å². The van der Waals surface area contributed by atoms with Gasteiger partial charge in [0.1, 0.15) is 16.6 Å². The predicted molar refractivity (Wildman–Crippen MR) is 117 cm³/mol. The van der Waals surface area contributed by atoms with E-state index in [9.17, 15) is 0 Å². The molecule has 150 valence electrons. The van der Waals surface area contributed by atoms with Gasteiger partial charge < -0.3 is 4.42 Å². The molecule has 4 nitrogen and oxygen atoms in total. The van der Waals surface area contributed by atoms with Crippen molar-refractivity contribution in [2.75, 3.05) is 0 Å². The number of aromatic nitrogens is 3. The van der Waals surface area contributed by atoms with Gasteiger partial charge in [-0.3, -0.25) is 0 Å². The molecule has 0 unspecified atom stereocenters. The first-order chi connectivity index (χ1) is 13.9. The van der Waals surface area contributed by atoms with Gasteiger partial charge in [-0.1, -0.05) is 31.0 Å². The summed E-state index contributed by atoms with van der Waals surface area (Å²) in [7, 11) is 2.16. The molecule has 0 amide bonds. The van der Waals surface area contributed by atoms with Crippen molar-refractivity contribution in [3.8, 4) is 11.4 Å². The number of oxazole rings is 1. The maximum Gasteiger partial charge on any atom is 0.294 e. The zero-order valence-electron chi connectivity index (χ0n) is 18.1. The van der Waals surface area contributed by atoms with Crippen LogP contribution in [0.4, 0.5) is 0 Å². The molecule has 29 heavy (non-hydrogen) atoms. The summed E-state index contributed by atoms with van der Waals surface area (Å²) < 4.78 is 11.3. The number of benzene rings is 2. The molecule has 0 saturated heterocycles. The van der Waals surface area contributed by atoms with Gasteiger partial charge in [-0.25, -0.2) is 14.1 Å². The molecule has 2 aromatic carbocycles. The van der Waals surface area contributed by atoms with E-state index in [4.69, 9.17) is 9.40 Å². The van der Waals surface area contributed by atoms with Crippen molar-refractivity contribution in [2.24, 2.45) is 7.05 Å². The molecular weight excluding hydrogens is 358 g/mol. The Kier molecular flexibility index (Phi) is 4.09. The predicted octanol–water partition coefficient (Wildman–Crippen LogP) is 6.00. The van der Waals surface area contributed by atoms with Crippen molar-refractivity contribution < 1.29 is 8.98 Å². The van der Waals surface area contributed by atoms with Crippen molar-refractivity contribution in [2.45, 2.75) is 64.8 Å². The number of imidazole rings is 1. The van der Waals surface area contributed by atoms with Gasteiger partial charge in [0.2, 0.25) is 0 Å². The Hall–Kier alpha value is -2.62. The maximum absolute atomic E-state index is 6.50. The monoisotopic (exact) mass is 388 g/mol. The zero-order chi connectivity index (χ0) is 20.3. The Bertz CT molecular complexity index is 1220. The summed E-state index contributed by atoms with van der Waals surface area (Å²) in [5.41, 5.74) is 6.67. The number of rotatable bonds is 2. The fourth-order valence-electron chi connectivity index (χ4n) is 5.01. The average molecular weight is 389 g/mol. The Morgan fingerprint density at radius 1 is 1.07 bits per heavy atom. The molecule has 2 heterocycles. The molecule has 0 spiro atoms. The summed E-state index contributed by atoms with van der Waals surface area (Å²) in [6, 6.07) is 12.9. The van der Waals surface area contributed by atoms with Crippen LogP contribution in [0.2, 0.25) is 0 Å². The van der Waals surface area contributed by atoms with Crippen LogP contribution in [0, 0.1) is 6.92 Å². The fourth-order valence-corrected chi connectivity index (χ4v) is 5.01. The smallest absolute Gasteiger partial charge is 0.294 e. The lowest BCUT2D eigenvalue weighted by Crippen LogP contribution is -2.33. The van der Waals surface area contributed by atoms with E-state index in [1.807, 2.05) is 0 Å². The molecule has 2 aromatic heterocycles. The number of fused-ring (bicyclic) bond motifs is 2. The van der Waals surface area contributed by atoms with Crippen LogP contribution in [-0.4, -0.2) is 9.55 Å². The Morgan fingerprint density at radius 2 is 1.79 bits per heavy atom. The number of aryl methyl sites for hydroxylation is 2. The van der Waals surface area contributed by atoms with Gasteiger partial charge in [0.25, 0.3) is 5.82 Å². The van der Waals surface area contributed by atoms with E-state index in [1.54, 1.807) is 0 Å².